The van der Waals surface area contributed by atoms with Gasteiger partial charge in [-0.1, -0.05) is 0 Å². The lowest BCUT2D eigenvalue weighted by molar-refractivity contribution is -0.149. The number of carbonyl (C=O) groups excluding carboxylic acids is 2. The summed E-state index contributed by atoms with van der Waals surface area (Å²) >= 11 is 0. The van der Waals surface area contributed by atoms with Crippen LogP contribution in [0.25, 0.3) is 0 Å². The van der Waals surface area contributed by atoms with Gasteiger partial charge in [-0.3, -0.25) is 14.4 Å². The lowest BCUT2D eigenvalue weighted by Crippen LogP contribution is -2.55. The van der Waals surface area contributed by atoms with Gasteiger partial charge in [0.25, 0.3) is 0 Å². The summed E-state index contributed by atoms with van der Waals surface area (Å²) in [6.45, 7) is 0.270. The molecule has 1 aromatic heterocycles. The maximum Gasteiger partial charge on any atom is 0.326 e. The van der Waals surface area contributed by atoms with Crippen LogP contribution in [0.2, 0.25) is 0 Å². The molecule has 2 amide bonds. The van der Waals surface area contributed by atoms with Gasteiger partial charge in [0.2, 0.25) is 11.8 Å². The zero-order valence-electron chi connectivity index (χ0n) is 13.9. The minimum Gasteiger partial charge on any atom is -0.481 e. The Morgan fingerprint density at radius 3 is 2.69 bits per heavy atom. The fourth-order valence-electron chi connectivity index (χ4n) is 2.86. The minimum atomic E-state index is -1.32. The fourth-order valence-corrected chi connectivity index (χ4v) is 2.86. The number of hydrogen-bond donors (Lipinski definition) is 5. The van der Waals surface area contributed by atoms with Crippen LogP contribution in [-0.2, 0) is 25.6 Å². The molecule has 11 heteroatoms. The largest absolute Gasteiger partial charge is 0.481 e. The molecule has 1 fully saturated rings. The number of likely N-dealkylation sites (tertiary alicyclic amines) is 1. The monoisotopic (exact) mass is 367 g/mol. The van der Waals surface area contributed by atoms with Crippen LogP contribution in [0.1, 0.15) is 25.0 Å². The quantitative estimate of drug-likeness (QED) is 0.361. The second-order valence-electron chi connectivity index (χ2n) is 6.07. The number of amides is 2. The van der Waals surface area contributed by atoms with Crippen LogP contribution in [0.15, 0.2) is 12.5 Å². The average molecular weight is 367 g/mol. The third-order valence-corrected chi connectivity index (χ3v) is 4.15. The van der Waals surface area contributed by atoms with Crippen molar-refractivity contribution < 1.29 is 29.4 Å². The van der Waals surface area contributed by atoms with E-state index in [2.05, 4.69) is 15.3 Å². The molecule has 0 radical (unpaired) electrons. The smallest absolute Gasteiger partial charge is 0.326 e. The number of carbonyl (C=O) groups is 4. The van der Waals surface area contributed by atoms with Crippen molar-refractivity contribution in [2.45, 2.75) is 43.8 Å². The first-order valence-electron chi connectivity index (χ1n) is 8.08. The number of rotatable bonds is 8. The molecule has 0 aromatic carbocycles. The number of imidazole rings is 1. The summed E-state index contributed by atoms with van der Waals surface area (Å²) in [4.78, 5) is 54.9. The summed E-state index contributed by atoms with van der Waals surface area (Å²) in [5, 5.41) is 20.4. The van der Waals surface area contributed by atoms with Crippen LogP contribution in [0.5, 0.6) is 0 Å². The Morgan fingerprint density at radius 1 is 1.38 bits per heavy atom. The van der Waals surface area contributed by atoms with Gasteiger partial charge in [-0.25, -0.2) is 9.78 Å². The molecule has 2 rings (SSSR count). The molecule has 3 unspecified atom stereocenters. The predicted octanol–water partition coefficient (Wildman–Crippen LogP) is -1.69. The summed E-state index contributed by atoms with van der Waals surface area (Å²) in [6, 6.07) is -3.35. The number of H-pyrrole nitrogens is 1. The van der Waals surface area contributed by atoms with E-state index in [4.69, 9.17) is 10.8 Å². The zero-order valence-corrected chi connectivity index (χ0v) is 13.9. The summed E-state index contributed by atoms with van der Waals surface area (Å²) in [5.74, 6) is -3.70. The van der Waals surface area contributed by atoms with Crippen LogP contribution in [0, 0.1) is 0 Å². The fraction of sp³-hybridized carbons (Fsp3) is 0.533. The van der Waals surface area contributed by atoms with Crippen LogP contribution in [-0.4, -0.2) is 73.5 Å². The van der Waals surface area contributed by atoms with Crippen molar-refractivity contribution in [3.8, 4) is 0 Å². The van der Waals surface area contributed by atoms with E-state index in [-0.39, 0.29) is 13.0 Å². The first kappa shape index (κ1) is 19.4. The third-order valence-electron chi connectivity index (χ3n) is 4.15. The van der Waals surface area contributed by atoms with Gasteiger partial charge in [-0.05, 0) is 12.8 Å². The number of hydrogen-bond acceptors (Lipinski definition) is 6. The number of nitrogens with zero attached hydrogens (tertiary/aromatic N) is 2. The maximum absolute atomic E-state index is 12.8. The first-order valence-corrected chi connectivity index (χ1v) is 8.08. The molecule has 26 heavy (non-hydrogen) atoms. The van der Waals surface area contributed by atoms with Crippen molar-refractivity contribution in [2.24, 2.45) is 5.73 Å². The van der Waals surface area contributed by atoms with Gasteiger partial charge >= 0.3 is 11.9 Å². The van der Waals surface area contributed by atoms with Gasteiger partial charge in [0.05, 0.1) is 18.8 Å². The number of carboxylic acids is 2. The van der Waals surface area contributed by atoms with E-state index in [0.29, 0.717) is 18.5 Å². The minimum absolute atomic E-state index is 0.0488. The van der Waals surface area contributed by atoms with Crippen molar-refractivity contribution in [1.29, 1.82) is 0 Å². The standard InChI is InChI=1S/C15H21N5O6/c16-9(5-12(21)22)13(23)19-10(4-8-6-17-7-18-8)14(24)20-3-1-2-11(20)15(25)26/h6-7,9-11H,1-5,16H2,(H,17,18)(H,19,23)(H,21,22)(H,25,26). The number of aliphatic carboxylic acids is 2. The first-order chi connectivity index (χ1) is 12.3. The molecule has 11 nitrogen and oxygen atoms in total. The van der Waals surface area contributed by atoms with Gasteiger partial charge in [0.1, 0.15) is 12.1 Å². The predicted molar refractivity (Wildman–Crippen MR) is 86.8 cm³/mol. The van der Waals surface area contributed by atoms with Crippen LogP contribution >= 0.6 is 0 Å². The van der Waals surface area contributed by atoms with Crippen molar-refractivity contribution in [3.63, 3.8) is 0 Å². The summed E-state index contributed by atoms with van der Waals surface area (Å²) in [6.07, 6.45) is 3.23. The molecular formula is C15H21N5O6. The highest BCUT2D eigenvalue weighted by Crippen LogP contribution is 2.19. The molecule has 1 aliphatic rings. The van der Waals surface area contributed by atoms with Gasteiger partial charge in [0, 0.05) is 24.9 Å². The highest BCUT2D eigenvalue weighted by molar-refractivity contribution is 5.93. The Kier molecular flexibility index (Phi) is 6.28. The number of carboxylic acid groups (broad SMARTS) is 2. The molecule has 6 N–H and O–H groups in total. The molecule has 0 aliphatic carbocycles. The normalized spacial score (nSPS) is 19.0. The number of nitrogens with one attached hydrogen (secondary N) is 2. The van der Waals surface area contributed by atoms with Crippen LogP contribution in [0.3, 0.4) is 0 Å². The average Bonchev–Trinajstić information content (AvgIpc) is 3.24. The lowest BCUT2D eigenvalue weighted by Gasteiger charge is -2.27. The van der Waals surface area contributed by atoms with Gasteiger partial charge in [-0.15, -0.1) is 0 Å². The van der Waals surface area contributed by atoms with E-state index in [1.165, 1.54) is 17.4 Å². The summed E-state index contributed by atoms with van der Waals surface area (Å²) in [5.41, 5.74) is 6.09. The number of aromatic amines is 1. The van der Waals surface area contributed by atoms with Gasteiger partial charge < -0.3 is 31.1 Å². The van der Waals surface area contributed by atoms with Crippen molar-refractivity contribution >= 4 is 23.8 Å². The maximum atomic E-state index is 12.8. The summed E-state index contributed by atoms with van der Waals surface area (Å²) < 4.78 is 0. The Morgan fingerprint density at radius 2 is 2.12 bits per heavy atom. The van der Waals surface area contributed by atoms with Gasteiger partial charge in [0.15, 0.2) is 0 Å². The Balaban J connectivity index is 2.15. The van der Waals surface area contributed by atoms with Gasteiger partial charge in [-0.2, -0.15) is 0 Å². The highest BCUT2D eigenvalue weighted by atomic mass is 16.4. The van der Waals surface area contributed by atoms with Crippen molar-refractivity contribution in [1.82, 2.24) is 20.2 Å². The number of aromatic nitrogens is 2. The highest BCUT2D eigenvalue weighted by Gasteiger charge is 2.38. The van der Waals surface area contributed by atoms with Crippen molar-refractivity contribution in [3.05, 3.63) is 18.2 Å². The molecule has 1 saturated heterocycles. The van der Waals surface area contributed by atoms with E-state index < -0.39 is 48.3 Å². The second-order valence-corrected chi connectivity index (χ2v) is 6.07. The molecule has 0 saturated carbocycles. The summed E-state index contributed by atoms with van der Waals surface area (Å²) in [7, 11) is 0. The van der Waals surface area contributed by atoms with E-state index in [1.807, 2.05) is 0 Å². The van der Waals surface area contributed by atoms with Crippen molar-refractivity contribution in [2.75, 3.05) is 6.54 Å². The molecule has 2 heterocycles. The van der Waals surface area contributed by atoms with E-state index in [0.717, 1.165) is 0 Å². The molecule has 0 spiro atoms. The molecule has 1 aliphatic heterocycles. The van der Waals surface area contributed by atoms with E-state index in [1.54, 1.807) is 0 Å². The molecule has 142 valence electrons. The Hall–Kier alpha value is -2.95. The number of nitrogens with two attached hydrogens (primary N) is 1. The third kappa shape index (κ3) is 4.79. The van der Waals surface area contributed by atoms with E-state index in [9.17, 15) is 24.3 Å². The van der Waals surface area contributed by atoms with Crippen LogP contribution in [0.4, 0.5) is 0 Å². The molecule has 0 bridgehead atoms. The zero-order chi connectivity index (χ0) is 19.3. The van der Waals surface area contributed by atoms with E-state index >= 15 is 0 Å². The lowest BCUT2D eigenvalue weighted by atomic mass is 10.1. The Labute approximate surface area is 148 Å². The van der Waals surface area contributed by atoms with Crippen LogP contribution < -0.4 is 11.1 Å². The molecule has 1 aromatic rings. The SMILES string of the molecule is NC(CC(=O)O)C(=O)NC(Cc1cnc[nH]1)C(=O)N1CCCC1C(=O)O. The molecule has 3 atom stereocenters. The second kappa shape index (κ2) is 8.43. The molecular weight excluding hydrogens is 346 g/mol. The Bertz CT molecular complexity index is 676. The topological polar surface area (TPSA) is 179 Å².